The number of amides is 1. The fourth-order valence-electron chi connectivity index (χ4n) is 1.28. The molecule has 2 N–H and O–H groups in total. The first-order chi connectivity index (χ1) is 7.78. The zero-order valence-corrected chi connectivity index (χ0v) is 10.4. The van der Waals surface area contributed by atoms with Gasteiger partial charge in [0.25, 0.3) is 0 Å². The number of aliphatic carboxylic acids is 1. The van der Waals surface area contributed by atoms with Crippen LogP contribution in [0.25, 0.3) is 0 Å². The molecule has 0 atom stereocenters. The number of hydrogen-bond acceptors (Lipinski definition) is 3. The van der Waals surface area contributed by atoms with Gasteiger partial charge >= 0.3 is 5.97 Å². The van der Waals surface area contributed by atoms with E-state index < -0.39 is 17.3 Å². The predicted molar refractivity (Wildman–Crippen MR) is 62.6 cm³/mol. The lowest BCUT2D eigenvalue weighted by atomic mass is 9.92. The van der Waals surface area contributed by atoms with Gasteiger partial charge in [-0.25, -0.2) is 0 Å². The molecule has 17 heavy (non-hydrogen) atoms. The molecule has 94 valence electrons. The van der Waals surface area contributed by atoms with E-state index in [0.29, 0.717) is 12.1 Å². The lowest BCUT2D eigenvalue weighted by Crippen LogP contribution is -2.37. The van der Waals surface area contributed by atoms with Gasteiger partial charge in [-0.1, -0.05) is 6.92 Å². The van der Waals surface area contributed by atoms with Crippen LogP contribution in [0.5, 0.6) is 0 Å². The minimum atomic E-state index is -1.46. The Morgan fingerprint density at radius 1 is 1.53 bits per heavy atom. The van der Waals surface area contributed by atoms with E-state index >= 15 is 0 Å². The first-order valence-electron chi connectivity index (χ1n) is 5.36. The van der Waals surface area contributed by atoms with E-state index in [9.17, 15) is 9.59 Å². The minimum absolute atomic E-state index is 0.548. The van der Waals surface area contributed by atoms with Crippen molar-refractivity contribution in [1.29, 1.82) is 0 Å². The largest absolute Gasteiger partial charge is 0.480 e. The molecule has 0 aliphatic heterocycles. The van der Waals surface area contributed by atoms with Gasteiger partial charge in [0, 0.05) is 13.2 Å². The van der Waals surface area contributed by atoms with E-state index in [0.717, 1.165) is 5.69 Å². The highest BCUT2D eigenvalue weighted by molar-refractivity contribution is 6.07. The van der Waals surface area contributed by atoms with Crippen molar-refractivity contribution in [2.24, 2.45) is 12.5 Å². The summed E-state index contributed by atoms with van der Waals surface area (Å²) in [6.07, 6.45) is 2.33. The van der Waals surface area contributed by atoms with Gasteiger partial charge in [0.05, 0.1) is 11.4 Å². The van der Waals surface area contributed by atoms with Crippen LogP contribution in [-0.4, -0.2) is 26.8 Å². The number of carboxylic acids is 1. The molecular formula is C11H17N3O3. The minimum Gasteiger partial charge on any atom is -0.480 e. The molecule has 0 unspecified atom stereocenters. The molecule has 1 amide bonds. The summed E-state index contributed by atoms with van der Waals surface area (Å²) in [5.41, 5.74) is -0.155. The molecule has 0 aromatic carbocycles. The van der Waals surface area contributed by atoms with Crippen LogP contribution in [0.2, 0.25) is 0 Å². The number of carbonyl (C=O) groups excluding carboxylic acids is 1. The highest BCUT2D eigenvalue weighted by Gasteiger charge is 2.36. The number of aryl methyl sites for hydroxylation is 2. The molecule has 0 fully saturated rings. The van der Waals surface area contributed by atoms with Crippen molar-refractivity contribution in [2.45, 2.75) is 27.2 Å². The highest BCUT2D eigenvalue weighted by Crippen LogP contribution is 2.21. The third kappa shape index (κ3) is 2.64. The third-order valence-corrected chi connectivity index (χ3v) is 2.59. The Morgan fingerprint density at radius 2 is 2.12 bits per heavy atom. The van der Waals surface area contributed by atoms with E-state index in [4.69, 9.17) is 5.11 Å². The Bertz CT molecular complexity index is 449. The molecule has 0 bridgehead atoms. The Morgan fingerprint density at radius 3 is 2.59 bits per heavy atom. The second kappa shape index (κ2) is 4.57. The van der Waals surface area contributed by atoms with Gasteiger partial charge in [-0.05, 0) is 20.3 Å². The van der Waals surface area contributed by atoms with Crippen molar-refractivity contribution < 1.29 is 14.7 Å². The van der Waals surface area contributed by atoms with Crippen molar-refractivity contribution in [2.75, 3.05) is 5.32 Å². The molecule has 0 aliphatic rings. The molecule has 0 aliphatic carbocycles. The van der Waals surface area contributed by atoms with Crippen molar-refractivity contribution in [3.63, 3.8) is 0 Å². The first-order valence-corrected chi connectivity index (χ1v) is 5.36. The van der Waals surface area contributed by atoms with Gasteiger partial charge in [-0.2, -0.15) is 5.10 Å². The van der Waals surface area contributed by atoms with Crippen molar-refractivity contribution in [1.82, 2.24) is 9.78 Å². The summed E-state index contributed by atoms with van der Waals surface area (Å²) in [5.74, 6) is -1.70. The second-order valence-electron chi connectivity index (χ2n) is 4.40. The van der Waals surface area contributed by atoms with Crippen LogP contribution in [0.1, 0.15) is 26.5 Å². The maximum atomic E-state index is 11.8. The molecule has 1 heterocycles. The van der Waals surface area contributed by atoms with Crippen LogP contribution in [0.4, 0.5) is 5.69 Å². The number of nitrogens with one attached hydrogen (secondary N) is 1. The molecule has 1 aromatic rings. The zero-order chi connectivity index (χ0) is 13.2. The van der Waals surface area contributed by atoms with Crippen LogP contribution >= 0.6 is 0 Å². The summed E-state index contributed by atoms with van der Waals surface area (Å²) < 4.78 is 1.59. The number of anilines is 1. The molecule has 0 saturated heterocycles. The fraction of sp³-hybridized carbons (Fsp3) is 0.545. The number of nitrogens with zero attached hydrogens (tertiary/aromatic N) is 2. The maximum absolute atomic E-state index is 11.8. The lowest BCUT2D eigenvalue weighted by Gasteiger charge is -2.17. The summed E-state index contributed by atoms with van der Waals surface area (Å²) in [6.45, 7) is 4.65. The molecule has 6 heteroatoms. The summed E-state index contributed by atoms with van der Waals surface area (Å²) in [7, 11) is 1.75. The smallest absolute Gasteiger partial charge is 0.318 e. The summed E-state index contributed by atoms with van der Waals surface area (Å²) >= 11 is 0. The number of carbonyl (C=O) groups is 2. The van der Waals surface area contributed by atoms with Gasteiger partial charge < -0.3 is 10.4 Å². The fourth-order valence-corrected chi connectivity index (χ4v) is 1.28. The molecule has 1 rings (SSSR count). The number of carboxylic acid groups (broad SMARTS) is 1. The number of aromatic nitrogens is 2. The summed E-state index contributed by atoms with van der Waals surface area (Å²) in [4.78, 5) is 22.8. The SMILES string of the molecule is CCc1nn(C)cc1NC(=O)C(C)(C)C(=O)O. The first kappa shape index (κ1) is 13.2. The van der Waals surface area contributed by atoms with E-state index in [-0.39, 0.29) is 0 Å². The predicted octanol–water partition coefficient (Wildman–Crippen LogP) is 1.03. The van der Waals surface area contributed by atoms with E-state index in [1.54, 1.807) is 17.9 Å². The van der Waals surface area contributed by atoms with Gasteiger partial charge in [-0.3, -0.25) is 14.3 Å². The Labute approximate surface area is 99.6 Å². The van der Waals surface area contributed by atoms with Crippen molar-refractivity contribution >= 4 is 17.6 Å². The van der Waals surface area contributed by atoms with Crippen molar-refractivity contribution in [3.8, 4) is 0 Å². The van der Waals surface area contributed by atoms with Gasteiger partial charge in [0.2, 0.25) is 5.91 Å². The molecule has 1 aromatic heterocycles. The lowest BCUT2D eigenvalue weighted by molar-refractivity contribution is -0.151. The Hall–Kier alpha value is -1.85. The molecule has 0 spiro atoms. The van der Waals surface area contributed by atoms with Crippen molar-refractivity contribution in [3.05, 3.63) is 11.9 Å². The number of hydrogen-bond donors (Lipinski definition) is 2. The van der Waals surface area contributed by atoms with E-state index in [2.05, 4.69) is 10.4 Å². The normalized spacial score (nSPS) is 11.3. The van der Waals surface area contributed by atoms with Crippen LogP contribution in [0.3, 0.4) is 0 Å². The molecule has 0 saturated carbocycles. The zero-order valence-electron chi connectivity index (χ0n) is 10.4. The average molecular weight is 239 g/mol. The standard InChI is InChI=1S/C11H17N3O3/c1-5-7-8(6-14(4)13-7)12-9(15)11(2,3)10(16)17/h6H,5H2,1-4H3,(H,12,15)(H,16,17). The monoisotopic (exact) mass is 239 g/mol. The topological polar surface area (TPSA) is 84.2 Å². The summed E-state index contributed by atoms with van der Waals surface area (Å²) in [5, 5.41) is 15.7. The van der Waals surface area contributed by atoms with E-state index in [1.807, 2.05) is 6.92 Å². The van der Waals surface area contributed by atoms with E-state index in [1.165, 1.54) is 13.8 Å². The van der Waals surface area contributed by atoms with Gasteiger partial charge in [0.1, 0.15) is 5.41 Å². The van der Waals surface area contributed by atoms with Gasteiger partial charge in [0.15, 0.2) is 0 Å². The maximum Gasteiger partial charge on any atom is 0.318 e. The van der Waals surface area contributed by atoms with Crippen LogP contribution < -0.4 is 5.32 Å². The average Bonchev–Trinajstić information content (AvgIpc) is 2.58. The van der Waals surface area contributed by atoms with Gasteiger partial charge in [-0.15, -0.1) is 0 Å². The highest BCUT2D eigenvalue weighted by atomic mass is 16.4. The van der Waals surface area contributed by atoms with Crippen LogP contribution in [0, 0.1) is 5.41 Å². The Kier molecular flexibility index (Phi) is 3.55. The second-order valence-corrected chi connectivity index (χ2v) is 4.40. The third-order valence-electron chi connectivity index (χ3n) is 2.59. The Balaban J connectivity index is 2.91. The van der Waals surface area contributed by atoms with Crippen LogP contribution in [0.15, 0.2) is 6.20 Å². The molecule has 0 radical (unpaired) electrons. The molecule has 6 nitrogen and oxygen atoms in total. The number of rotatable bonds is 4. The quantitative estimate of drug-likeness (QED) is 0.769. The molecular weight excluding hydrogens is 222 g/mol. The summed E-state index contributed by atoms with van der Waals surface area (Å²) in [6, 6.07) is 0. The van der Waals surface area contributed by atoms with Crippen LogP contribution in [-0.2, 0) is 23.1 Å².